The predicted octanol–water partition coefficient (Wildman–Crippen LogP) is 1.25. The molecule has 0 atom stereocenters. The van der Waals surface area contributed by atoms with E-state index in [2.05, 4.69) is 0 Å². The molecular formula is C10H17NO3. The van der Waals surface area contributed by atoms with Crippen LogP contribution in [0.25, 0.3) is 0 Å². The van der Waals surface area contributed by atoms with Gasteiger partial charge >= 0.3 is 5.97 Å². The van der Waals surface area contributed by atoms with Crippen LogP contribution in [0.15, 0.2) is 0 Å². The molecule has 1 N–H and O–H groups in total. The molecule has 1 rings (SSSR count). The number of hydrogen-bond donors (Lipinski definition) is 1. The third-order valence-corrected chi connectivity index (χ3v) is 2.75. The molecule has 0 saturated carbocycles. The number of carboxylic acids is 1. The van der Waals surface area contributed by atoms with Crippen LogP contribution in [0.1, 0.15) is 39.5 Å². The SMILES string of the molecule is CC1(C)CCCCC(=O)N1CC(=O)O. The summed E-state index contributed by atoms with van der Waals surface area (Å²) in [5.74, 6) is -0.969. The zero-order valence-corrected chi connectivity index (χ0v) is 8.75. The lowest BCUT2D eigenvalue weighted by Crippen LogP contribution is -2.48. The second kappa shape index (κ2) is 3.98. The highest BCUT2D eigenvalue weighted by Crippen LogP contribution is 2.26. The summed E-state index contributed by atoms with van der Waals surface area (Å²) < 4.78 is 0. The van der Waals surface area contributed by atoms with E-state index in [1.54, 1.807) is 0 Å². The molecule has 1 amide bonds. The van der Waals surface area contributed by atoms with Gasteiger partial charge in [0.1, 0.15) is 6.54 Å². The van der Waals surface area contributed by atoms with Gasteiger partial charge in [-0.1, -0.05) is 6.42 Å². The Morgan fingerprint density at radius 3 is 2.71 bits per heavy atom. The molecule has 0 bridgehead atoms. The molecule has 1 aliphatic heterocycles. The van der Waals surface area contributed by atoms with Gasteiger partial charge in [-0.25, -0.2) is 0 Å². The lowest BCUT2D eigenvalue weighted by molar-refractivity contribution is -0.148. The lowest BCUT2D eigenvalue weighted by Gasteiger charge is -2.36. The number of aliphatic carboxylic acids is 1. The van der Waals surface area contributed by atoms with Crippen LogP contribution in [-0.4, -0.2) is 34.0 Å². The Bertz CT molecular complexity index is 248. The zero-order valence-electron chi connectivity index (χ0n) is 8.75. The van der Waals surface area contributed by atoms with Gasteiger partial charge in [-0.15, -0.1) is 0 Å². The topological polar surface area (TPSA) is 57.6 Å². The standard InChI is InChI=1S/C10H17NO3/c1-10(2)6-4-3-5-8(12)11(10)7-9(13)14/h3-7H2,1-2H3,(H,13,14). The van der Waals surface area contributed by atoms with Crippen LogP contribution in [0.4, 0.5) is 0 Å². The number of carbonyl (C=O) groups excluding carboxylic acids is 1. The van der Waals surface area contributed by atoms with E-state index in [0.717, 1.165) is 19.3 Å². The van der Waals surface area contributed by atoms with Crippen molar-refractivity contribution in [3.63, 3.8) is 0 Å². The van der Waals surface area contributed by atoms with E-state index >= 15 is 0 Å². The van der Waals surface area contributed by atoms with E-state index < -0.39 is 5.97 Å². The fourth-order valence-corrected chi connectivity index (χ4v) is 1.88. The van der Waals surface area contributed by atoms with Gasteiger partial charge in [0.25, 0.3) is 0 Å². The normalized spacial score (nSPS) is 21.9. The molecule has 4 nitrogen and oxygen atoms in total. The smallest absolute Gasteiger partial charge is 0.323 e. The number of likely N-dealkylation sites (tertiary alicyclic amines) is 1. The minimum absolute atomic E-state index is 0.0325. The minimum atomic E-state index is -0.937. The van der Waals surface area contributed by atoms with Crippen molar-refractivity contribution in [1.29, 1.82) is 0 Å². The van der Waals surface area contributed by atoms with Gasteiger partial charge in [-0.3, -0.25) is 9.59 Å². The van der Waals surface area contributed by atoms with Crippen molar-refractivity contribution in [3.05, 3.63) is 0 Å². The molecule has 0 aromatic carbocycles. The van der Waals surface area contributed by atoms with Crippen LogP contribution in [0.3, 0.4) is 0 Å². The quantitative estimate of drug-likeness (QED) is 0.728. The molecule has 0 radical (unpaired) electrons. The van der Waals surface area contributed by atoms with Crippen LogP contribution < -0.4 is 0 Å². The highest BCUT2D eigenvalue weighted by Gasteiger charge is 2.33. The lowest BCUT2D eigenvalue weighted by atomic mass is 9.97. The van der Waals surface area contributed by atoms with E-state index in [1.165, 1.54) is 4.90 Å². The van der Waals surface area contributed by atoms with Crippen molar-refractivity contribution in [2.75, 3.05) is 6.54 Å². The number of hydrogen-bond acceptors (Lipinski definition) is 2. The molecule has 1 fully saturated rings. The summed E-state index contributed by atoms with van der Waals surface area (Å²) in [6, 6.07) is 0. The van der Waals surface area contributed by atoms with Crippen LogP contribution in [0, 0.1) is 0 Å². The van der Waals surface area contributed by atoms with Gasteiger partial charge in [0.05, 0.1) is 0 Å². The summed E-state index contributed by atoms with van der Waals surface area (Å²) in [7, 11) is 0. The van der Waals surface area contributed by atoms with Crippen LogP contribution in [0.2, 0.25) is 0 Å². The fraction of sp³-hybridized carbons (Fsp3) is 0.800. The predicted molar refractivity (Wildman–Crippen MR) is 51.9 cm³/mol. The minimum Gasteiger partial charge on any atom is -0.480 e. The van der Waals surface area contributed by atoms with Gasteiger partial charge < -0.3 is 10.0 Å². The highest BCUT2D eigenvalue weighted by molar-refractivity contribution is 5.82. The van der Waals surface area contributed by atoms with E-state index in [4.69, 9.17) is 5.11 Å². The van der Waals surface area contributed by atoms with Crippen molar-refractivity contribution in [3.8, 4) is 0 Å². The number of carbonyl (C=O) groups is 2. The highest BCUT2D eigenvalue weighted by atomic mass is 16.4. The maximum atomic E-state index is 11.6. The molecule has 1 saturated heterocycles. The van der Waals surface area contributed by atoms with Crippen molar-refractivity contribution < 1.29 is 14.7 Å². The third kappa shape index (κ3) is 2.47. The summed E-state index contributed by atoms with van der Waals surface area (Å²) in [5, 5.41) is 8.71. The number of amides is 1. The van der Waals surface area contributed by atoms with Crippen molar-refractivity contribution >= 4 is 11.9 Å². The molecule has 14 heavy (non-hydrogen) atoms. The summed E-state index contributed by atoms with van der Waals surface area (Å²) in [5.41, 5.74) is -0.314. The molecule has 0 aliphatic carbocycles. The van der Waals surface area contributed by atoms with E-state index in [-0.39, 0.29) is 18.0 Å². The van der Waals surface area contributed by atoms with Crippen LogP contribution >= 0.6 is 0 Å². The van der Waals surface area contributed by atoms with Gasteiger partial charge in [-0.2, -0.15) is 0 Å². The van der Waals surface area contributed by atoms with Crippen LogP contribution in [0.5, 0.6) is 0 Å². The second-order valence-corrected chi connectivity index (χ2v) is 4.39. The number of nitrogens with zero attached hydrogens (tertiary/aromatic N) is 1. The van der Waals surface area contributed by atoms with Gasteiger partial charge in [0, 0.05) is 12.0 Å². The number of carboxylic acid groups (broad SMARTS) is 1. The number of rotatable bonds is 2. The molecule has 0 aromatic rings. The molecule has 4 heteroatoms. The first-order chi connectivity index (χ1) is 6.43. The Balaban J connectivity index is 2.81. The Morgan fingerprint density at radius 1 is 1.50 bits per heavy atom. The first kappa shape index (κ1) is 11.0. The van der Waals surface area contributed by atoms with Crippen molar-refractivity contribution in [2.24, 2.45) is 0 Å². The maximum Gasteiger partial charge on any atom is 0.323 e. The molecule has 1 heterocycles. The van der Waals surface area contributed by atoms with Gasteiger partial charge in [0.2, 0.25) is 5.91 Å². The Labute approximate surface area is 83.9 Å². The van der Waals surface area contributed by atoms with E-state index in [0.29, 0.717) is 6.42 Å². The average molecular weight is 199 g/mol. The van der Waals surface area contributed by atoms with Crippen molar-refractivity contribution in [2.45, 2.75) is 45.1 Å². The Morgan fingerprint density at radius 2 is 2.14 bits per heavy atom. The Hall–Kier alpha value is -1.06. The first-order valence-electron chi connectivity index (χ1n) is 4.96. The summed E-state index contributed by atoms with van der Waals surface area (Å²) in [6.45, 7) is 3.68. The molecule has 0 spiro atoms. The third-order valence-electron chi connectivity index (χ3n) is 2.75. The summed E-state index contributed by atoms with van der Waals surface area (Å²) >= 11 is 0. The second-order valence-electron chi connectivity index (χ2n) is 4.39. The maximum absolute atomic E-state index is 11.6. The van der Waals surface area contributed by atoms with Gasteiger partial charge in [0.15, 0.2) is 0 Å². The molecule has 1 aliphatic rings. The summed E-state index contributed by atoms with van der Waals surface area (Å²) in [6.07, 6.45) is 3.23. The van der Waals surface area contributed by atoms with E-state index in [9.17, 15) is 9.59 Å². The zero-order chi connectivity index (χ0) is 10.8. The van der Waals surface area contributed by atoms with E-state index in [1.807, 2.05) is 13.8 Å². The average Bonchev–Trinajstić information content (AvgIpc) is 2.16. The van der Waals surface area contributed by atoms with Crippen LogP contribution in [-0.2, 0) is 9.59 Å². The monoisotopic (exact) mass is 199 g/mol. The molecule has 0 unspecified atom stereocenters. The molecule has 80 valence electrons. The van der Waals surface area contributed by atoms with Gasteiger partial charge in [-0.05, 0) is 26.7 Å². The summed E-state index contributed by atoms with van der Waals surface area (Å²) in [4.78, 5) is 23.7. The molecular weight excluding hydrogens is 182 g/mol. The molecule has 0 aromatic heterocycles. The Kier molecular flexibility index (Phi) is 3.13. The van der Waals surface area contributed by atoms with Crippen molar-refractivity contribution in [1.82, 2.24) is 4.90 Å². The first-order valence-corrected chi connectivity index (χ1v) is 4.96. The largest absolute Gasteiger partial charge is 0.480 e. The fourth-order valence-electron chi connectivity index (χ4n) is 1.88.